The van der Waals surface area contributed by atoms with Gasteiger partial charge in [-0.2, -0.15) is 0 Å². The predicted molar refractivity (Wildman–Crippen MR) is 145 cm³/mol. The Balaban J connectivity index is 0.00000181. The van der Waals surface area contributed by atoms with Crippen molar-refractivity contribution in [1.29, 1.82) is 0 Å². The van der Waals surface area contributed by atoms with Crippen LogP contribution in [0.2, 0.25) is 0 Å². The molecule has 0 aromatic rings. The second-order valence-electron chi connectivity index (χ2n) is 13.6. The van der Waals surface area contributed by atoms with Crippen molar-refractivity contribution >= 4 is 0 Å². The van der Waals surface area contributed by atoms with E-state index in [2.05, 4.69) is 55.4 Å². The van der Waals surface area contributed by atoms with Crippen LogP contribution >= 0.6 is 0 Å². The van der Waals surface area contributed by atoms with Gasteiger partial charge in [0.2, 0.25) is 0 Å². The molecule has 32 heavy (non-hydrogen) atoms. The van der Waals surface area contributed by atoms with Crippen molar-refractivity contribution in [2.24, 2.45) is 57.2 Å². The zero-order valence-electron chi connectivity index (χ0n) is 21.7. The third-order valence-corrected chi connectivity index (χ3v) is 12.8. The lowest BCUT2D eigenvalue weighted by Gasteiger charge is -2.69. The molecule has 0 aromatic carbocycles. The Morgan fingerprint density at radius 2 is 1.56 bits per heavy atom. The first-order chi connectivity index (χ1) is 14.0. The molecule has 4 saturated carbocycles. The van der Waals surface area contributed by atoms with Crippen LogP contribution in [0.15, 0.2) is 12.2 Å². The molecule has 0 amide bonds. The number of fused-ring (bicyclic) bond motifs is 5. The fraction of sp³-hybridized carbons (Fsp3) is 0.938. The van der Waals surface area contributed by atoms with Crippen LogP contribution in [0.1, 0.15) is 134 Å². The standard InChI is InChI=1S/C30H52.2CH4/c1-10-12-23(11-2)27(6)17-18-30(9)26(27)21(4)19-25-28(7)15-13-20(3)22(5)24(28)14-16-29(25,30)8;;/h20,22-26H,4,10-19H2,1-3,5-9H3;2*1H4/t20-,22-,23?,24?,25?,26?,27+,28-,29+,30+;;/m0../s1. The van der Waals surface area contributed by atoms with E-state index in [1.807, 2.05) is 0 Å². The molecular weight excluding hydrogens is 384 g/mol. The maximum atomic E-state index is 4.90. The minimum absolute atomic E-state index is 0. The van der Waals surface area contributed by atoms with Crippen LogP contribution < -0.4 is 0 Å². The summed E-state index contributed by atoms with van der Waals surface area (Å²) in [4.78, 5) is 0. The van der Waals surface area contributed by atoms with Gasteiger partial charge >= 0.3 is 0 Å². The molecule has 4 fully saturated rings. The summed E-state index contributed by atoms with van der Waals surface area (Å²) in [5.41, 5.74) is 3.59. The zero-order chi connectivity index (χ0) is 22.1. The van der Waals surface area contributed by atoms with Crippen LogP contribution in [0, 0.1) is 57.2 Å². The van der Waals surface area contributed by atoms with Crippen molar-refractivity contribution in [1.82, 2.24) is 0 Å². The second-order valence-corrected chi connectivity index (χ2v) is 13.6. The topological polar surface area (TPSA) is 0 Å². The predicted octanol–water partition coefficient (Wildman–Crippen LogP) is 10.6. The third-order valence-electron chi connectivity index (χ3n) is 12.8. The van der Waals surface area contributed by atoms with E-state index in [1.54, 1.807) is 5.57 Å². The lowest BCUT2D eigenvalue weighted by atomic mass is 9.35. The highest BCUT2D eigenvalue weighted by Gasteiger charge is 2.70. The molecule has 0 aliphatic heterocycles. The summed E-state index contributed by atoms with van der Waals surface area (Å²) >= 11 is 0. The third kappa shape index (κ3) is 3.42. The minimum atomic E-state index is 0. The van der Waals surface area contributed by atoms with Gasteiger partial charge in [0.25, 0.3) is 0 Å². The summed E-state index contributed by atoms with van der Waals surface area (Å²) in [7, 11) is 0. The van der Waals surface area contributed by atoms with Gasteiger partial charge in [-0.3, -0.25) is 0 Å². The summed E-state index contributed by atoms with van der Waals surface area (Å²) in [5, 5.41) is 0. The summed E-state index contributed by atoms with van der Waals surface area (Å²) in [6.07, 6.45) is 14.1. The van der Waals surface area contributed by atoms with Crippen LogP contribution in [-0.4, -0.2) is 0 Å². The van der Waals surface area contributed by atoms with Crippen molar-refractivity contribution in [2.75, 3.05) is 0 Å². The van der Waals surface area contributed by atoms with E-state index in [9.17, 15) is 0 Å². The molecule has 4 unspecified atom stereocenters. The minimum Gasteiger partial charge on any atom is -0.0995 e. The number of rotatable bonds is 4. The molecule has 0 bridgehead atoms. The highest BCUT2D eigenvalue weighted by Crippen LogP contribution is 2.77. The van der Waals surface area contributed by atoms with Gasteiger partial charge in [-0.25, -0.2) is 0 Å². The zero-order valence-corrected chi connectivity index (χ0v) is 21.7. The summed E-state index contributed by atoms with van der Waals surface area (Å²) < 4.78 is 0. The number of hydrogen-bond donors (Lipinski definition) is 0. The van der Waals surface area contributed by atoms with Crippen LogP contribution in [0.4, 0.5) is 0 Å². The Kier molecular flexibility index (Phi) is 7.93. The Labute approximate surface area is 203 Å². The number of hydrogen-bond acceptors (Lipinski definition) is 0. The normalized spacial score (nSPS) is 50.9. The number of allylic oxidation sites excluding steroid dienone is 1. The lowest BCUT2D eigenvalue weighted by Crippen LogP contribution is -2.62. The van der Waals surface area contributed by atoms with Crippen molar-refractivity contribution in [2.45, 2.75) is 134 Å². The van der Waals surface area contributed by atoms with Gasteiger partial charge in [-0.15, -0.1) is 0 Å². The van der Waals surface area contributed by atoms with Crippen molar-refractivity contribution in [3.05, 3.63) is 12.2 Å². The molecule has 0 spiro atoms. The highest BCUT2D eigenvalue weighted by molar-refractivity contribution is 5.28. The van der Waals surface area contributed by atoms with E-state index in [4.69, 9.17) is 6.58 Å². The van der Waals surface area contributed by atoms with Crippen LogP contribution in [-0.2, 0) is 0 Å². The molecule has 0 aromatic heterocycles. The van der Waals surface area contributed by atoms with Gasteiger partial charge in [0.1, 0.15) is 0 Å². The molecule has 188 valence electrons. The van der Waals surface area contributed by atoms with Crippen LogP contribution in [0.3, 0.4) is 0 Å². The van der Waals surface area contributed by atoms with Crippen LogP contribution in [0.5, 0.6) is 0 Å². The molecule has 0 nitrogen and oxygen atoms in total. The molecule has 4 rings (SSSR count). The maximum Gasteiger partial charge on any atom is -0.00899 e. The monoisotopic (exact) mass is 444 g/mol. The van der Waals surface area contributed by atoms with Gasteiger partial charge < -0.3 is 0 Å². The average Bonchev–Trinajstić information content (AvgIpc) is 2.99. The fourth-order valence-corrected chi connectivity index (χ4v) is 10.8. The Hall–Kier alpha value is -0.260. The Morgan fingerprint density at radius 1 is 0.906 bits per heavy atom. The van der Waals surface area contributed by atoms with Gasteiger partial charge in [0.05, 0.1) is 0 Å². The first-order valence-electron chi connectivity index (χ1n) is 13.7. The van der Waals surface area contributed by atoms with Crippen molar-refractivity contribution < 1.29 is 0 Å². The van der Waals surface area contributed by atoms with Gasteiger partial charge in [-0.05, 0) is 102 Å². The van der Waals surface area contributed by atoms with E-state index in [0.717, 1.165) is 35.5 Å². The summed E-state index contributed by atoms with van der Waals surface area (Å²) in [6, 6.07) is 0. The molecule has 0 saturated heterocycles. The highest BCUT2D eigenvalue weighted by atomic mass is 14.7. The average molecular weight is 445 g/mol. The fourth-order valence-electron chi connectivity index (χ4n) is 10.8. The maximum absolute atomic E-state index is 4.90. The molecule has 4 aliphatic carbocycles. The molecule has 4 aliphatic rings. The molecule has 10 atom stereocenters. The van der Waals surface area contributed by atoms with E-state index >= 15 is 0 Å². The molecule has 0 radical (unpaired) electrons. The first-order valence-corrected chi connectivity index (χ1v) is 13.7. The largest absolute Gasteiger partial charge is 0.0995 e. The van der Waals surface area contributed by atoms with E-state index in [0.29, 0.717) is 21.7 Å². The molecule has 0 N–H and O–H groups in total. The Bertz CT molecular complexity index is 676. The van der Waals surface area contributed by atoms with Gasteiger partial charge in [-0.1, -0.05) is 102 Å². The lowest BCUT2D eigenvalue weighted by molar-refractivity contribution is -0.186. The quantitative estimate of drug-likeness (QED) is 0.378. The van der Waals surface area contributed by atoms with Crippen molar-refractivity contribution in [3.8, 4) is 0 Å². The SMILES string of the molecule is C.C.C=C1CC2[C@@]3(C)CC[C@H](C)[C@H](C)C3CC[C@@]2(C)[C@]2(C)CC[C@](C)(C(CC)CCC)C12. The van der Waals surface area contributed by atoms with Crippen LogP contribution in [0.25, 0.3) is 0 Å². The summed E-state index contributed by atoms with van der Waals surface area (Å²) in [5.74, 6) is 5.20. The van der Waals surface area contributed by atoms with Gasteiger partial charge in [0.15, 0.2) is 0 Å². The molecular formula is C32H60. The first kappa shape index (κ1) is 28.0. The van der Waals surface area contributed by atoms with Gasteiger partial charge in [0, 0.05) is 0 Å². The Morgan fingerprint density at radius 3 is 2.16 bits per heavy atom. The van der Waals surface area contributed by atoms with E-state index < -0.39 is 0 Å². The summed E-state index contributed by atoms with van der Waals surface area (Å²) in [6.45, 7) is 25.7. The second kappa shape index (κ2) is 9.07. The van der Waals surface area contributed by atoms with E-state index in [1.165, 1.54) is 64.2 Å². The molecule has 0 heteroatoms. The molecule has 0 heterocycles. The van der Waals surface area contributed by atoms with E-state index in [-0.39, 0.29) is 14.9 Å². The smallest absolute Gasteiger partial charge is 0.00899 e. The van der Waals surface area contributed by atoms with Crippen molar-refractivity contribution in [3.63, 3.8) is 0 Å².